The van der Waals surface area contributed by atoms with Gasteiger partial charge in [-0.05, 0) is 31.9 Å². The van der Waals surface area contributed by atoms with Crippen molar-refractivity contribution in [2.45, 2.75) is 43.5 Å². The highest BCUT2D eigenvalue weighted by molar-refractivity contribution is 5.32. The van der Waals surface area contributed by atoms with E-state index in [1.54, 1.807) is 14.0 Å². The molecular formula is C19H29NO5. The van der Waals surface area contributed by atoms with Crippen LogP contribution in [-0.2, 0) is 4.74 Å². The van der Waals surface area contributed by atoms with Crippen LogP contribution in [0.15, 0.2) is 24.3 Å². The third kappa shape index (κ3) is 4.08. The zero-order valence-corrected chi connectivity index (χ0v) is 15.1. The summed E-state index contributed by atoms with van der Waals surface area (Å²) < 4.78 is 16.9. The first-order valence-electron chi connectivity index (χ1n) is 8.99. The summed E-state index contributed by atoms with van der Waals surface area (Å²) in [5, 5.41) is 20.9. The summed E-state index contributed by atoms with van der Waals surface area (Å²) in [5.41, 5.74) is -1.66. The highest BCUT2D eigenvalue weighted by Crippen LogP contribution is 2.39. The summed E-state index contributed by atoms with van der Waals surface area (Å²) in [6.07, 6.45) is 1.10. The molecule has 2 fully saturated rings. The van der Waals surface area contributed by atoms with Crippen LogP contribution in [0.25, 0.3) is 0 Å². The van der Waals surface area contributed by atoms with Gasteiger partial charge in [0.25, 0.3) is 0 Å². The minimum absolute atomic E-state index is 0.480. The molecule has 0 bridgehead atoms. The molecule has 2 aliphatic heterocycles. The molecule has 0 radical (unpaired) electrons. The van der Waals surface area contributed by atoms with Gasteiger partial charge < -0.3 is 24.4 Å². The maximum absolute atomic E-state index is 10.5. The largest absolute Gasteiger partial charge is 0.497 e. The van der Waals surface area contributed by atoms with Crippen molar-refractivity contribution in [1.82, 2.24) is 4.90 Å². The smallest absolute Gasteiger partial charge is 0.123 e. The molecule has 2 atom stereocenters. The normalized spacial score (nSPS) is 29.5. The summed E-state index contributed by atoms with van der Waals surface area (Å²) in [6, 6.07) is 7.59. The lowest BCUT2D eigenvalue weighted by Gasteiger charge is -2.51. The molecule has 2 aliphatic rings. The van der Waals surface area contributed by atoms with Crippen LogP contribution in [0.2, 0.25) is 0 Å². The van der Waals surface area contributed by atoms with Crippen molar-refractivity contribution in [1.29, 1.82) is 0 Å². The number of benzene rings is 1. The zero-order chi connectivity index (χ0) is 17.9. The molecule has 2 heterocycles. The number of hydrogen-bond acceptors (Lipinski definition) is 6. The Kier molecular flexibility index (Phi) is 5.53. The lowest BCUT2D eigenvalue weighted by molar-refractivity contribution is -0.246. The van der Waals surface area contributed by atoms with E-state index in [4.69, 9.17) is 14.2 Å². The molecule has 0 unspecified atom stereocenters. The molecule has 6 heteroatoms. The average Bonchev–Trinajstić information content (AvgIpc) is 2.61. The minimum atomic E-state index is -1.06. The van der Waals surface area contributed by atoms with Crippen molar-refractivity contribution in [3.05, 3.63) is 24.3 Å². The molecule has 25 heavy (non-hydrogen) atoms. The van der Waals surface area contributed by atoms with Gasteiger partial charge in [0.1, 0.15) is 24.2 Å². The van der Waals surface area contributed by atoms with E-state index >= 15 is 0 Å². The molecule has 1 spiro atoms. The molecular weight excluding hydrogens is 322 g/mol. The Morgan fingerprint density at radius 2 is 1.96 bits per heavy atom. The Morgan fingerprint density at radius 3 is 2.68 bits per heavy atom. The first-order valence-corrected chi connectivity index (χ1v) is 8.99. The molecule has 3 rings (SSSR count). The summed E-state index contributed by atoms with van der Waals surface area (Å²) >= 11 is 0. The summed E-state index contributed by atoms with van der Waals surface area (Å²) in [5.74, 6) is 1.59. The number of ether oxygens (including phenoxy) is 3. The van der Waals surface area contributed by atoms with Crippen LogP contribution in [0.5, 0.6) is 11.5 Å². The van der Waals surface area contributed by atoms with Gasteiger partial charge in [0.15, 0.2) is 0 Å². The van der Waals surface area contributed by atoms with Crippen LogP contribution < -0.4 is 9.47 Å². The van der Waals surface area contributed by atoms with Gasteiger partial charge in [0.2, 0.25) is 0 Å². The highest BCUT2D eigenvalue weighted by atomic mass is 16.5. The Hall–Kier alpha value is -1.34. The van der Waals surface area contributed by atoms with Crippen LogP contribution in [0, 0.1) is 0 Å². The number of aliphatic hydroxyl groups excluding tert-OH is 1. The predicted octanol–water partition coefficient (Wildman–Crippen LogP) is 1.44. The van der Waals surface area contributed by atoms with E-state index in [0.717, 1.165) is 44.0 Å². The quantitative estimate of drug-likeness (QED) is 0.836. The zero-order valence-electron chi connectivity index (χ0n) is 15.1. The van der Waals surface area contributed by atoms with Crippen LogP contribution >= 0.6 is 0 Å². The molecule has 1 aromatic carbocycles. The number of hydrogen-bond donors (Lipinski definition) is 2. The summed E-state index contributed by atoms with van der Waals surface area (Å²) in [7, 11) is 1.64. The molecule has 2 saturated heterocycles. The van der Waals surface area contributed by atoms with Gasteiger partial charge in [-0.2, -0.15) is 0 Å². The molecule has 140 valence electrons. The molecule has 0 aromatic heterocycles. The van der Waals surface area contributed by atoms with Crippen LogP contribution in [0.4, 0.5) is 0 Å². The number of piperidine rings is 1. The van der Waals surface area contributed by atoms with Gasteiger partial charge in [-0.1, -0.05) is 6.07 Å². The van der Waals surface area contributed by atoms with Crippen molar-refractivity contribution in [2.75, 3.05) is 40.0 Å². The average molecular weight is 351 g/mol. The number of nitrogens with zero attached hydrogens (tertiary/aromatic N) is 1. The minimum Gasteiger partial charge on any atom is -0.497 e. The van der Waals surface area contributed by atoms with Gasteiger partial charge in [-0.15, -0.1) is 0 Å². The van der Waals surface area contributed by atoms with Crippen molar-refractivity contribution in [2.24, 2.45) is 0 Å². The Labute approximate surface area is 149 Å². The van der Waals surface area contributed by atoms with Crippen LogP contribution in [-0.4, -0.2) is 72.4 Å². The second-order valence-electron chi connectivity index (χ2n) is 7.29. The first kappa shape index (κ1) is 18.5. The van der Waals surface area contributed by atoms with Crippen molar-refractivity contribution in [3.63, 3.8) is 0 Å². The lowest BCUT2D eigenvalue weighted by atomic mass is 9.75. The van der Waals surface area contributed by atoms with Crippen molar-refractivity contribution >= 4 is 0 Å². The van der Waals surface area contributed by atoms with Gasteiger partial charge in [0, 0.05) is 32.1 Å². The summed E-state index contributed by atoms with van der Waals surface area (Å²) in [6.45, 7) is 5.28. The van der Waals surface area contributed by atoms with E-state index in [0.29, 0.717) is 19.6 Å². The number of likely N-dealkylation sites (tertiary alicyclic amines) is 1. The third-order valence-corrected chi connectivity index (χ3v) is 5.50. The van der Waals surface area contributed by atoms with Gasteiger partial charge in [-0.25, -0.2) is 0 Å². The van der Waals surface area contributed by atoms with E-state index in [-0.39, 0.29) is 0 Å². The molecule has 1 aromatic rings. The molecule has 2 N–H and O–H groups in total. The van der Waals surface area contributed by atoms with Crippen molar-refractivity contribution in [3.8, 4) is 11.5 Å². The summed E-state index contributed by atoms with van der Waals surface area (Å²) in [4.78, 5) is 2.31. The molecule has 6 nitrogen and oxygen atoms in total. The van der Waals surface area contributed by atoms with E-state index < -0.39 is 17.3 Å². The van der Waals surface area contributed by atoms with E-state index in [1.807, 2.05) is 24.3 Å². The fraction of sp³-hybridized carbons (Fsp3) is 0.684. The second kappa shape index (κ2) is 7.50. The van der Waals surface area contributed by atoms with Gasteiger partial charge in [-0.3, -0.25) is 4.90 Å². The van der Waals surface area contributed by atoms with E-state index in [2.05, 4.69) is 4.90 Å². The monoisotopic (exact) mass is 351 g/mol. The van der Waals surface area contributed by atoms with Gasteiger partial charge >= 0.3 is 0 Å². The maximum Gasteiger partial charge on any atom is 0.123 e. The SMILES string of the molecule is COc1cccc(OCCN2CCC3(CC2)OCC[C@@](C)(O)[C@@H]3O)c1. The Morgan fingerprint density at radius 1 is 1.24 bits per heavy atom. The Bertz CT molecular complexity index is 569. The second-order valence-corrected chi connectivity index (χ2v) is 7.29. The third-order valence-electron chi connectivity index (χ3n) is 5.50. The highest BCUT2D eigenvalue weighted by Gasteiger charge is 2.52. The van der Waals surface area contributed by atoms with E-state index in [1.165, 1.54) is 0 Å². The molecule has 0 saturated carbocycles. The maximum atomic E-state index is 10.5. The lowest BCUT2D eigenvalue weighted by Crippen LogP contribution is -2.64. The topological polar surface area (TPSA) is 71.4 Å². The molecule has 0 amide bonds. The number of rotatable bonds is 5. The predicted molar refractivity (Wildman–Crippen MR) is 94.1 cm³/mol. The van der Waals surface area contributed by atoms with Crippen molar-refractivity contribution < 1.29 is 24.4 Å². The fourth-order valence-electron chi connectivity index (χ4n) is 3.80. The Balaban J connectivity index is 1.46. The number of aliphatic hydroxyl groups is 2. The first-order chi connectivity index (χ1) is 12.0. The van der Waals surface area contributed by atoms with Crippen LogP contribution in [0.1, 0.15) is 26.2 Å². The van der Waals surface area contributed by atoms with E-state index in [9.17, 15) is 10.2 Å². The standard InChI is InChI=1S/C19H29NO5/c1-18(22)8-12-25-19(17(18)21)6-9-20(10-7-19)11-13-24-16-5-3-4-15(14-16)23-2/h3-5,14,17,21-22H,6-13H2,1-2H3/t17-,18+/m0/s1. The number of methoxy groups -OCH3 is 1. The molecule has 0 aliphatic carbocycles. The van der Waals surface area contributed by atoms with Gasteiger partial charge in [0.05, 0.1) is 24.9 Å². The van der Waals surface area contributed by atoms with Crippen LogP contribution in [0.3, 0.4) is 0 Å². The fourth-order valence-corrected chi connectivity index (χ4v) is 3.80.